The fraction of sp³-hybridized carbons (Fsp3) is 0.429. The second kappa shape index (κ2) is 4.39. The van der Waals surface area contributed by atoms with Gasteiger partial charge in [-0.05, 0) is 6.92 Å². The van der Waals surface area contributed by atoms with Crippen molar-refractivity contribution >= 4 is 11.2 Å². The quantitative estimate of drug-likeness (QED) is 0.676. The van der Waals surface area contributed by atoms with E-state index >= 15 is 0 Å². The van der Waals surface area contributed by atoms with Gasteiger partial charge in [0, 0.05) is 17.7 Å². The van der Waals surface area contributed by atoms with E-state index in [-0.39, 0.29) is 0 Å². The average Bonchev–Trinajstić information content (AvgIpc) is 2.17. The zero-order valence-electron chi connectivity index (χ0n) is 6.86. The Bertz CT molecular complexity index is 239. The summed E-state index contributed by atoms with van der Waals surface area (Å²) in [5.41, 5.74) is 6.04. The molecular formula is C7H11N3OS. The summed E-state index contributed by atoms with van der Waals surface area (Å²) >= 11 is -1.02. The van der Waals surface area contributed by atoms with Gasteiger partial charge in [0.15, 0.2) is 0 Å². The molecule has 66 valence electrons. The summed E-state index contributed by atoms with van der Waals surface area (Å²) in [5, 5.41) is 0.523. The van der Waals surface area contributed by atoms with E-state index in [9.17, 15) is 4.55 Å². The zero-order chi connectivity index (χ0) is 8.97. The van der Waals surface area contributed by atoms with Gasteiger partial charge < -0.3 is 10.3 Å². The molecule has 1 heterocycles. The lowest BCUT2D eigenvalue weighted by atomic mass is 10.5. The van der Waals surface area contributed by atoms with Gasteiger partial charge in [0.05, 0.1) is 11.9 Å². The number of nitrogens with zero attached hydrogens (tertiary/aromatic N) is 2. The Morgan fingerprint density at radius 1 is 1.50 bits per heavy atom. The van der Waals surface area contributed by atoms with Crippen LogP contribution in [0.2, 0.25) is 0 Å². The average molecular weight is 185 g/mol. The lowest BCUT2D eigenvalue weighted by Crippen LogP contribution is -2.08. The van der Waals surface area contributed by atoms with Gasteiger partial charge in [0.1, 0.15) is 11.9 Å². The van der Waals surface area contributed by atoms with Gasteiger partial charge >= 0.3 is 0 Å². The third-order valence-corrected chi connectivity index (χ3v) is 2.59. The molecule has 0 bridgehead atoms. The molecule has 12 heavy (non-hydrogen) atoms. The Balaban J connectivity index is 2.77. The van der Waals surface area contributed by atoms with Crippen LogP contribution in [0.5, 0.6) is 0 Å². The molecule has 0 saturated heterocycles. The number of nitrogens with two attached hydrogens (primary N) is 1. The molecule has 5 heteroatoms. The highest BCUT2D eigenvalue weighted by molar-refractivity contribution is 7.91. The molecule has 1 aromatic rings. The van der Waals surface area contributed by atoms with Crippen LogP contribution < -0.4 is 5.73 Å². The molecule has 0 aromatic carbocycles. The van der Waals surface area contributed by atoms with Gasteiger partial charge in [-0.3, -0.25) is 4.98 Å². The normalized spacial score (nSPS) is 12.9. The predicted molar refractivity (Wildman–Crippen MR) is 46.9 cm³/mol. The maximum Gasteiger partial charge on any atom is 0.262 e. The SMILES string of the molecule is CC[S+]([O-])c1cnc(CN)cn1. The molecule has 1 aromatic heterocycles. The molecule has 2 N–H and O–H groups in total. The summed E-state index contributed by atoms with van der Waals surface area (Å²) in [6, 6.07) is 0. The topological polar surface area (TPSA) is 74.9 Å². The summed E-state index contributed by atoms with van der Waals surface area (Å²) in [4.78, 5) is 7.96. The van der Waals surface area contributed by atoms with Crippen molar-refractivity contribution in [2.45, 2.75) is 18.5 Å². The number of aromatic nitrogens is 2. The Morgan fingerprint density at radius 3 is 2.67 bits per heavy atom. The third kappa shape index (κ3) is 2.17. The number of rotatable bonds is 3. The van der Waals surface area contributed by atoms with Gasteiger partial charge in [0.25, 0.3) is 5.03 Å². The third-order valence-electron chi connectivity index (χ3n) is 1.39. The van der Waals surface area contributed by atoms with Crippen LogP contribution in [0.4, 0.5) is 0 Å². The minimum Gasteiger partial charge on any atom is -0.610 e. The van der Waals surface area contributed by atoms with Crippen LogP contribution in [-0.4, -0.2) is 20.3 Å². The molecule has 1 atom stereocenters. The largest absolute Gasteiger partial charge is 0.610 e. The highest BCUT2D eigenvalue weighted by atomic mass is 32.2. The molecule has 0 spiro atoms. The van der Waals surface area contributed by atoms with Crippen molar-refractivity contribution in [1.82, 2.24) is 9.97 Å². The van der Waals surface area contributed by atoms with Crippen LogP contribution in [0.15, 0.2) is 17.4 Å². The molecule has 0 aliphatic rings. The van der Waals surface area contributed by atoms with Crippen molar-refractivity contribution in [1.29, 1.82) is 0 Å². The smallest absolute Gasteiger partial charge is 0.262 e. The Hall–Kier alpha value is -0.650. The van der Waals surface area contributed by atoms with E-state index in [0.717, 1.165) is 0 Å². The van der Waals surface area contributed by atoms with Crippen molar-refractivity contribution in [2.24, 2.45) is 5.73 Å². The monoisotopic (exact) mass is 185 g/mol. The molecule has 4 nitrogen and oxygen atoms in total. The fourth-order valence-corrected chi connectivity index (χ4v) is 1.35. The van der Waals surface area contributed by atoms with Crippen molar-refractivity contribution in [3.63, 3.8) is 0 Å². The van der Waals surface area contributed by atoms with Gasteiger partial charge in [-0.1, -0.05) is 0 Å². The molecule has 0 aliphatic heterocycles. The summed E-state index contributed by atoms with van der Waals surface area (Å²) < 4.78 is 11.2. The number of hydrogen-bond donors (Lipinski definition) is 1. The van der Waals surface area contributed by atoms with E-state index in [1.54, 1.807) is 6.20 Å². The first-order valence-corrected chi connectivity index (χ1v) is 4.99. The second-order valence-corrected chi connectivity index (χ2v) is 3.87. The van der Waals surface area contributed by atoms with Crippen LogP contribution in [0.3, 0.4) is 0 Å². The second-order valence-electron chi connectivity index (χ2n) is 2.18. The maximum absolute atomic E-state index is 11.2. The molecular weight excluding hydrogens is 174 g/mol. The van der Waals surface area contributed by atoms with E-state index in [1.807, 2.05) is 6.92 Å². The summed E-state index contributed by atoms with van der Waals surface area (Å²) in [6.45, 7) is 2.21. The maximum atomic E-state index is 11.2. The summed E-state index contributed by atoms with van der Waals surface area (Å²) in [7, 11) is 0. The summed E-state index contributed by atoms with van der Waals surface area (Å²) in [6.07, 6.45) is 3.07. The number of hydrogen-bond acceptors (Lipinski definition) is 4. The van der Waals surface area contributed by atoms with E-state index in [1.165, 1.54) is 6.20 Å². The molecule has 1 rings (SSSR count). The van der Waals surface area contributed by atoms with E-state index in [4.69, 9.17) is 5.73 Å². The first-order chi connectivity index (χ1) is 5.77. The van der Waals surface area contributed by atoms with Crippen molar-refractivity contribution < 1.29 is 4.55 Å². The van der Waals surface area contributed by atoms with Crippen LogP contribution in [0.25, 0.3) is 0 Å². The van der Waals surface area contributed by atoms with Crippen molar-refractivity contribution in [2.75, 3.05) is 5.75 Å². The minimum absolute atomic E-state index is 0.367. The first kappa shape index (κ1) is 9.44. The van der Waals surface area contributed by atoms with Crippen molar-refractivity contribution in [3.05, 3.63) is 18.1 Å². The Labute approximate surface area is 74.4 Å². The van der Waals surface area contributed by atoms with Gasteiger partial charge in [-0.25, -0.2) is 4.98 Å². The Kier molecular flexibility index (Phi) is 3.46. The van der Waals surface area contributed by atoms with Crippen LogP contribution in [0, 0.1) is 0 Å². The van der Waals surface area contributed by atoms with Crippen LogP contribution in [-0.2, 0) is 17.7 Å². The molecule has 0 saturated carbocycles. The molecule has 0 radical (unpaired) electrons. The summed E-state index contributed by atoms with van der Waals surface area (Å²) in [5.74, 6) is 0.566. The van der Waals surface area contributed by atoms with Gasteiger partial charge in [-0.2, -0.15) is 0 Å². The lowest BCUT2D eigenvalue weighted by molar-refractivity contribution is 0.591. The zero-order valence-corrected chi connectivity index (χ0v) is 7.67. The van der Waals surface area contributed by atoms with E-state index in [2.05, 4.69) is 9.97 Å². The predicted octanol–water partition coefficient (Wildman–Crippen LogP) is 0.0628. The van der Waals surface area contributed by atoms with Crippen LogP contribution in [0.1, 0.15) is 12.6 Å². The van der Waals surface area contributed by atoms with Crippen LogP contribution >= 0.6 is 0 Å². The fourth-order valence-electron chi connectivity index (χ4n) is 0.714. The highest BCUT2D eigenvalue weighted by Crippen LogP contribution is 2.05. The van der Waals surface area contributed by atoms with E-state index < -0.39 is 11.2 Å². The standard InChI is InChI=1S/C7H11N3OS/c1-2-12(11)7-5-9-6(3-8)4-10-7/h4-5H,2-3,8H2,1H3. The molecule has 0 fully saturated rings. The van der Waals surface area contributed by atoms with Gasteiger partial charge in [0.2, 0.25) is 0 Å². The van der Waals surface area contributed by atoms with Crippen molar-refractivity contribution in [3.8, 4) is 0 Å². The minimum atomic E-state index is -1.02. The highest BCUT2D eigenvalue weighted by Gasteiger charge is 2.09. The molecule has 1 unspecified atom stereocenters. The molecule has 0 aliphatic carbocycles. The first-order valence-electron chi connectivity index (χ1n) is 3.67. The van der Waals surface area contributed by atoms with Gasteiger partial charge in [-0.15, -0.1) is 0 Å². The molecule has 0 amide bonds. The van der Waals surface area contributed by atoms with E-state index in [0.29, 0.717) is 23.0 Å². The Morgan fingerprint density at radius 2 is 2.25 bits per heavy atom. The lowest BCUT2D eigenvalue weighted by Gasteiger charge is -2.05.